The number of rotatable bonds is 0. The predicted molar refractivity (Wildman–Crippen MR) is 48.1 cm³/mol. The first-order chi connectivity index (χ1) is 5.93. The minimum absolute atomic E-state index is 0.936. The number of hydrogen-bond acceptors (Lipinski definition) is 2. The first-order valence-electron chi connectivity index (χ1n) is 3.96. The van der Waals surface area contributed by atoms with Crippen molar-refractivity contribution in [1.29, 1.82) is 0 Å². The second-order valence-electron chi connectivity index (χ2n) is 2.96. The highest BCUT2D eigenvalue weighted by Crippen LogP contribution is 2.29. The van der Waals surface area contributed by atoms with Crippen molar-refractivity contribution in [2.75, 3.05) is 0 Å². The van der Waals surface area contributed by atoms with Gasteiger partial charge in [0.1, 0.15) is 5.58 Å². The normalized spacial score (nSPS) is 14.0. The molecule has 0 spiro atoms. The molecule has 0 aliphatic carbocycles. The Labute approximate surface area is 69.5 Å². The number of benzene rings is 1. The third kappa shape index (κ3) is 0.666. The van der Waals surface area contributed by atoms with Gasteiger partial charge < -0.3 is 4.42 Å². The van der Waals surface area contributed by atoms with Crippen molar-refractivity contribution in [3.63, 3.8) is 0 Å². The van der Waals surface area contributed by atoms with E-state index < -0.39 is 0 Å². The number of furan rings is 1. The molecule has 0 fully saturated rings. The van der Waals surface area contributed by atoms with E-state index in [2.05, 4.69) is 17.1 Å². The lowest BCUT2D eigenvalue weighted by Gasteiger charge is -1.95. The van der Waals surface area contributed by atoms with Crippen LogP contribution in [0.3, 0.4) is 0 Å². The Balaban J connectivity index is 2.43. The van der Waals surface area contributed by atoms with Gasteiger partial charge in [-0.2, -0.15) is 0 Å². The van der Waals surface area contributed by atoms with E-state index in [-0.39, 0.29) is 0 Å². The van der Waals surface area contributed by atoms with Gasteiger partial charge in [0.05, 0.1) is 12.0 Å². The van der Waals surface area contributed by atoms with Gasteiger partial charge in [-0.25, -0.2) is 0 Å². The van der Waals surface area contributed by atoms with E-state index in [0.29, 0.717) is 0 Å². The molecule has 0 radical (unpaired) electrons. The number of nitrogens with zero attached hydrogens (tertiary/aromatic N) is 1. The summed E-state index contributed by atoms with van der Waals surface area (Å²) in [5, 5.41) is 1.13. The Morgan fingerprint density at radius 3 is 3.33 bits per heavy atom. The van der Waals surface area contributed by atoms with Gasteiger partial charge >= 0.3 is 0 Å². The fourth-order valence-corrected chi connectivity index (χ4v) is 1.57. The smallest absolute Gasteiger partial charge is 0.134 e. The molecule has 3 rings (SSSR count). The van der Waals surface area contributed by atoms with Crippen molar-refractivity contribution < 1.29 is 4.42 Å². The molecule has 2 heterocycles. The number of hydrogen-bond donors (Lipinski definition) is 0. The average molecular weight is 157 g/mol. The summed E-state index contributed by atoms with van der Waals surface area (Å²) in [4.78, 5) is 4.26. The second kappa shape index (κ2) is 1.97. The van der Waals surface area contributed by atoms with Gasteiger partial charge in [0.15, 0.2) is 0 Å². The van der Waals surface area contributed by atoms with Crippen LogP contribution in [0.5, 0.6) is 0 Å². The Bertz CT molecular complexity index is 468. The quantitative estimate of drug-likeness (QED) is 0.577. The van der Waals surface area contributed by atoms with Crippen LogP contribution in [0.4, 0.5) is 5.69 Å². The molecule has 0 saturated heterocycles. The van der Waals surface area contributed by atoms with Gasteiger partial charge in [0.2, 0.25) is 0 Å². The Kier molecular flexibility index (Phi) is 0.987. The summed E-state index contributed by atoms with van der Waals surface area (Å²) in [6.45, 7) is 0. The van der Waals surface area contributed by atoms with Gasteiger partial charge in [-0.1, -0.05) is 0 Å². The summed E-state index contributed by atoms with van der Waals surface area (Å²) in [6.07, 6.45) is 4.58. The maximum Gasteiger partial charge on any atom is 0.134 e. The highest BCUT2D eigenvalue weighted by atomic mass is 16.3. The van der Waals surface area contributed by atoms with Crippen molar-refractivity contribution in [1.82, 2.24) is 0 Å². The summed E-state index contributed by atoms with van der Waals surface area (Å²) in [7, 11) is 0. The lowest BCUT2D eigenvalue weighted by atomic mass is 10.1. The SMILES string of the molecule is C1=Nc2cc3ccoc3cc2C1. The molecule has 1 aliphatic heterocycles. The van der Waals surface area contributed by atoms with Crippen molar-refractivity contribution in [2.24, 2.45) is 4.99 Å². The molecule has 2 aromatic rings. The van der Waals surface area contributed by atoms with Crippen molar-refractivity contribution in [3.05, 3.63) is 30.0 Å². The molecule has 2 heteroatoms. The molecule has 12 heavy (non-hydrogen) atoms. The molecule has 1 aromatic carbocycles. The summed E-state index contributed by atoms with van der Waals surface area (Å²) in [5.41, 5.74) is 3.31. The molecule has 0 N–H and O–H groups in total. The molecule has 58 valence electrons. The van der Waals surface area contributed by atoms with Crippen molar-refractivity contribution in [2.45, 2.75) is 6.42 Å². The first kappa shape index (κ1) is 6.00. The standard InChI is InChI=1S/C10H7NO/c1-3-11-9-5-8-2-4-12-10(8)6-7(1)9/h2-6H,1H2. The van der Waals surface area contributed by atoms with Gasteiger partial charge in [-0.05, 0) is 23.8 Å². The number of fused-ring (bicyclic) bond motifs is 2. The van der Waals surface area contributed by atoms with Crippen LogP contribution in [-0.4, -0.2) is 6.21 Å². The summed E-state index contributed by atoms with van der Waals surface area (Å²) in [5.74, 6) is 0. The summed E-state index contributed by atoms with van der Waals surface area (Å²) >= 11 is 0. The van der Waals surface area contributed by atoms with Crippen LogP contribution >= 0.6 is 0 Å². The largest absolute Gasteiger partial charge is 0.464 e. The van der Waals surface area contributed by atoms with Crippen LogP contribution in [0.2, 0.25) is 0 Å². The van der Waals surface area contributed by atoms with Crippen LogP contribution in [0.15, 0.2) is 33.9 Å². The van der Waals surface area contributed by atoms with Gasteiger partial charge in [0, 0.05) is 18.0 Å². The minimum atomic E-state index is 0.936. The zero-order valence-corrected chi connectivity index (χ0v) is 6.45. The fourth-order valence-electron chi connectivity index (χ4n) is 1.57. The van der Waals surface area contributed by atoms with Crippen LogP contribution in [-0.2, 0) is 6.42 Å². The van der Waals surface area contributed by atoms with Crippen LogP contribution in [0.25, 0.3) is 11.0 Å². The Morgan fingerprint density at radius 1 is 1.33 bits per heavy atom. The predicted octanol–water partition coefficient (Wildman–Crippen LogP) is 2.69. The van der Waals surface area contributed by atoms with Gasteiger partial charge in [-0.15, -0.1) is 0 Å². The molecular weight excluding hydrogens is 150 g/mol. The van der Waals surface area contributed by atoms with E-state index in [9.17, 15) is 0 Å². The summed E-state index contributed by atoms with van der Waals surface area (Å²) < 4.78 is 5.29. The van der Waals surface area contributed by atoms with E-state index in [0.717, 1.165) is 23.1 Å². The first-order valence-corrected chi connectivity index (χ1v) is 3.96. The monoisotopic (exact) mass is 157 g/mol. The average Bonchev–Trinajstić information content (AvgIpc) is 2.64. The molecule has 0 saturated carbocycles. The third-order valence-corrected chi connectivity index (χ3v) is 2.20. The molecule has 1 aromatic heterocycles. The zero-order valence-electron chi connectivity index (χ0n) is 6.45. The van der Waals surface area contributed by atoms with Gasteiger partial charge in [0.25, 0.3) is 0 Å². The van der Waals surface area contributed by atoms with E-state index in [1.165, 1.54) is 5.56 Å². The third-order valence-electron chi connectivity index (χ3n) is 2.20. The van der Waals surface area contributed by atoms with Crippen molar-refractivity contribution >= 4 is 22.9 Å². The topological polar surface area (TPSA) is 25.5 Å². The van der Waals surface area contributed by atoms with E-state index in [1.54, 1.807) is 6.26 Å². The lowest BCUT2D eigenvalue weighted by Crippen LogP contribution is -1.77. The molecule has 1 aliphatic rings. The van der Waals surface area contributed by atoms with Crippen LogP contribution < -0.4 is 0 Å². The second-order valence-corrected chi connectivity index (χ2v) is 2.96. The van der Waals surface area contributed by atoms with Gasteiger partial charge in [-0.3, -0.25) is 4.99 Å². The molecule has 0 atom stereocenters. The Morgan fingerprint density at radius 2 is 2.33 bits per heavy atom. The highest BCUT2D eigenvalue weighted by Gasteiger charge is 2.08. The molecule has 2 nitrogen and oxygen atoms in total. The highest BCUT2D eigenvalue weighted by molar-refractivity contribution is 5.87. The lowest BCUT2D eigenvalue weighted by molar-refractivity contribution is 0.615. The van der Waals surface area contributed by atoms with E-state index in [4.69, 9.17) is 4.42 Å². The molecule has 0 bridgehead atoms. The van der Waals surface area contributed by atoms with Crippen LogP contribution in [0.1, 0.15) is 5.56 Å². The Hall–Kier alpha value is -1.57. The molecule has 0 amide bonds. The maximum absolute atomic E-state index is 5.29. The van der Waals surface area contributed by atoms with E-state index in [1.807, 2.05) is 12.3 Å². The molecular formula is C10H7NO. The molecule has 0 unspecified atom stereocenters. The van der Waals surface area contributed by atoms with E-state index >= 15 is 0 Å². The minimum Gasteiger partial charge on any atom is -0.464 e. The number of aliphatic imine (C=N–C) groups is 1. The summed E-state index contributed by atoms with van der Waals surface area (Å²) in [6, 6.07) is 6.10. The fraction of sp³-hybridized carbons (Fsp3) is 0.100. The maximum atomic E-state index is 5.29. The van der Waals surface area contributed by atoms with Crippen molar-refractivity contribution in [3.8, 4) is 0 Å². The zero-order chi connectivity index (χ0) is 7.97. The van der Waals surface area contributed by atoms with Crippen LogP contribution in [0, 0.1) is 0 Å².